The van der Waals surface area contributed by atoms with E-state index in [0.29, 0.717) is 6.54 Å². The van der Waals surface area contributed by atoms with E-state index in [2.05, 4.69) is 31.0 Å². The maximum atomic E-state index is 10.3. The zero-order valence-electron chi connectivity index (χ0n) is 11.7. The highest BCUT2D eigenvalue weighted by Gasteiger charge is 2.10. The molecule has 3 heteroatoms. The van der Waals surface area contributed by atoms with Crippen LogP contribution in [-0.4, -0.2) is 14.7 Å². The third-order valence-electron chi connectivity index (χ3n) is 3.42. The predicted molar refractivity (Wildman–Crippen MR) is 77.0 cm³/mol. The summed E-state index contributed by atoms with van der Waals surface area (Å²) in [6, 6.07) is 8.19. The summed E-state index contributed by atoms with van der Waals surface area (Å²) in [5.41, 5.74) is 2.26. The van der Waals surface area contributed by atoms with Crippen LogP contribution in [0.4, 0.5) is 0 Å². The Kier molecular flexibility index (Phi) is 4.74. The lowest BCUT2D eigenvalue weighted by Gasteiger charge is -2.14. The number of nitrogens with zero attached hydrogens (tertiary/aromatic N) is 2. The summed E-state index contributed by atoms with van der Waals surface area (Å²) in [7, 11) is 0. The van der Waals surface area contributed by atoms with E-state index in [0.717, 1.165) is 30.7 Å². The molecule has 0 aliphatic heterocycles. The molecule has 0 aliphatic rings. The molecule has 3 nitrogen and oxygen atoms in total. The fourth-order valence-corrected chi connectivity index (χ4v) is 2.23. The van der Waals surface area contributed by atoms with Gasteiger partial charge in [0, 0.05) is 18.8 Å². The number of aliphatic hydroxyl groups excluding tert-OH is 1. The van der Waals surface area contributed by atoms with Gasteiger partial charge >= 0.3 is 0 Å². The van der Waals surface area contributed by atoms with Crippen LogP contribution in [0.25, 0.3) is 0 Å². The summed E-state index contributed by atoms with van der Waals surface area (Å²) in [5, 5.41) is 10.3. The molecule has 2 aromatic rings. The molecule has 0 bridgehead atoms. The molecule has 0 radical (unpaired) electrons. The van der Waals surface area contributed by atoms with Crippen molar-refractivity contribution in [3.8, 4) is 0 Å². The summed E-state index contributed by atoms with van der Waals surface area (Å²) < 4.78 is 2.04. The number of hydrogen-bond acceptors (Lipinski definition) is 2. The molecule has 0 amide bonds. The quantitative estimate of drug-likeness (QED) is 0.864. The Labute approximate surface area is 114 Å². The fraction of sp³-hybridized carbons (Fsp3) is 0.438. The van der Waals surface area contributed by atoms with Gasteiger partial charge in [0.25, 0.3) is 0 Å². The third-order valence-corrected chi connectivity index (χ3v) is 3.42. The SMILES string of the molecule is CCCc1nccn1CC(O)c1ccc(CC)cc1. The van der Waals surface area contributed by atoms with Crippen LogP contribution in [0.15, 0.2) is 36.7 Å². The van der Waals surface area contributed by atoms with Crippen molar-refractivity contribution in [1.29, 1.82) is 0 Å². The van der Waals surface area contributed by atoms with Crippen LogP contribution in [0.2, 0.25) is 0 Å². The lowest BCUT2D eigenvalue weighted by Crippen LogP contribution is -2.11. The number of aryl methyl sites for hydroxylation is 2. The first-order chi connectivity index (χ1) is 9.24. The van der Waals surface area contributed by atoms with Gasteiger partial charge in [0.1, 0.15) is 5.82 Å². The van der Waals surface area contributed by atoms with E-state index < -0.39 is 6.10 Å². The monoisotopic (exact) mass is 258 g/mol. The second kappa shape index (κ2) is 6.53. The minimum Gasteiger partial charge on any atom is -0.387 e. The molecule has 19 heavy (non-hydrogen) atoms. The summed E-state index contributed by atoms with van der Waals surface area (Å²) in [4.78, 5) is 4.33. The van der Waals surface area contributed by atoms with E-state index in [4.69, 9.17) is 0 Å². The van der Waals surface area contributed by atoms with Crippen molar-refractivity contribution >= 4 is 0 Å². The van der Waals surface area contributed by atoms with Crippen LogP contribution in [-0.2, 0) is 19.4 Å². The standard InChI is InChI=1S/C16H22N2O/c1-3-5-16-17-10-11-18(16)12-15(19)14-8-6-13(4-2)7-9-14/h6-11,15,19H,3-5,12H2,1-2H3. The minimum absolute atomic E-state index is 0.476. The smallest absolute Gasteiger partial charge is 0.108 e. The Hall–Kier alpha value is -1.61. The molecule has 1 unspecified atom stereocenters. The van der Waals surface area contributed by atoms with Gasteiger partial charge in [-0.1, -0.05) is 38.1 Å². The Balaban J connectivity index is 2.06. The van der Waals surface area contributed by atoms with Gasteiger partial charge in [-0.25, -0.2) is 4.98 Å². The van der Waals surface area contributed by atoms with Crippen molar-refractivity contribution in [3.05, 3.63) is 53.6 Å². The average Bonchev–Trinajstić information content (AvgIpc) is 2.86. The Morgan fingerprint density at radius 1 is 1.21 bits per heavy atom. The van der Waals surface area contributed by atoms with E-state index in [1.54, 1.807) is 6.20 Å². The number of benzene rings is 1. The van der Waals surface area contributed by atoms with Gasteiger partial charge in [-0.2, -0.15) is 0 Å². The molecule has 0 aliphatic carbocycles. The highest BCUT2D eigenvalue weighted by molar-refractivity contribution is 5.24. The lowest BCUT2D eigenvalue weighted by atomic mass is 10.1. The Bertz CT molecular complexity index is 502. The van der Waals surface area contributed by atoms with Gasteiger partial charge in [0.2, 0.25) is 0 Å². The molecular weight excluding hydrogens is 236 g/mol. The highest BCUT2D eigenvalue weighted by atomic mass is 16.3. The van der Waals surface area contributed by atoms with Crippen LogP contribution < -0.4 is 0 Å². The molecule has 1 atom stereocenters. The van der Waals surface area contributed by atoms with Crippen LogP contribution in [0.1, 0.15) is 43.3 Å². The first-order valence-corrected chi connectivity index (χ1v) is 7.01. The molecule has 0 spiro atoms. The van der Waals surface area contributed by atoms with Gasteiger partial charge in [0.15, 0.2) is 0 Å². The third kappa shape index (κ3) is 3.44. The van der Waals surface area contributed by atoms with Crippen LogP contribution in [0.5, 0.6) is 0 Å². The van der Waals surface area contributed by atoms with E-state index in [1.165, 1.54) is 5.56 Å². The van der Waals surface area contributed by atoms with Gasteiger partial charge in [-0.3, -0.25) is 0 Å². The normalized spacial score (nSPS) is 12.6. The van der Waals surface area contributed by atoms with Crippen molar-refractivity contribution in [3.63, 3.8) is 0 Å². The first-order valence-electron chi connectivity index (χ1n) is 7.01. The first kappa shape index (κ1) is 13.8. The number of hydrogen-bond donors (Lipinski definition) is 1. The highest BCUT2D eigenvalue weighted by Crippen LogP contribution is 2.17. The second-order valence-electron chi connectivity index (χ2n) is 4.86. The van der Waals surface area contributed by atoms with Crippen LogP contribution >= 0.6 is 0 Å². The predicted octanol–water partition coefficient (Wildman–Crippen LogP) is 3.13. The average molecular weight is 258 g/mol. The maximum Gasteiger partial charge on any atom is 0.108 e. The molecule has 1 aromatic heterocycles. The number of aliphatic hydroxyl groups is 1. The topological polar surface area (TPSA) is 38.0 Å². The number of rotatable bonds is 6. The van der Waals surface area contributed by atoms with Crippen LogP contribution in [0, 0.1) is 0 Å². The van der Waals surface area contributed by atoms with E-state index in [-0.39, 0.29) is 0 Å². The largest absolute Gasteiger partial charge is 0.387 e. The van der Waals surface area contributed by atoms with Crippen molar-refractivity contribution in [2.75, 3.05) is 0 Å². The van der Waals surface area contributed by atoms with E-state index in [9.17, 15) is 5.11 Å². The van der Waals surface area contributed by atoms with Crippen molar-refractivity contribution < 1.29 is 5.11 Å². The number of aromatic nitrogens is 2. The van der Waals surface area contributed by atoms with E-state index >= 15 is 0 Å². The maximum absolute atomic E-state index is 10.3. The zero-order chi connectivity index (χ0) is 13.7. The molecule has 102 valence electrons. The number of imidazole rings is 1. The van der Waals surface area contributed by atoms with Crippen molar-refractivity contribution in [2.45, 2.75) is 45.8 Å². The Morgan fingerprint density at radius 3 is 2.58 bits per heavy atom. The van der Waals surface area contributed by atoms with Gasteiger partial charge < -0.3 is 9.67 Å². The van der Waals surface area contributed by atoms with Gasteiger partial charge in [0.05, 0.1) is 12.6 Å². The fourth-order valence-electron chi connectivity index (χ4n) is 2.23. The minimum atomic E-state index is -0.476. The molecule has 0 fully saturated rings. The summed E-state index contributed by atoms with van der Waals surface area (Å²) in [6.45, 7) is 4.84. The molecule has 1 aromatic carbocycles. The van der Waals surface area contributed by atoms with Gasteiger partial charge in [-0.15, -0.1) is 0 Å². The molecule has 0 saturated carbocycles. The zero-order valence-corrected chi connectivity index (χ0v) is 11.7. The summed E-state index contributed by atoms with van der Waals surface area (Å²) in [5.74, 6) is 1.05. The second-order valence-corrected chi connectivity index (χ2v) is 4.86. The van der Waals surface area contributed by atoms with Gasteiger partial charge in [-0.05, 0) is 24.0 Å². The van der Waals surface area contributed by atoms with Crippen LogP contribution in [0.3, 0.4) is 0 Å². The van der Waals surface area contributed by atoms with Crippen molar-refractivity contribution in [1.82, 2.24) is 9.55 Å². The molecular formula is C16H22N2O. The summed E-state index contributed by atoms with van der Waals surface area (Å²) in [6.07, 6.45) is 6.31. The molecule has 2 rings (SSSR count). The lowest BCUT2D eigenvalue weighted by molar-refractivity contribution is 0.155. The molecule has 1 heterocycles. The Morgan fingerprint density at radius 2 is 1.95 bits per heavy atom. The van der Waals surface area contributed by atoms with E-state index in [1.807, 2.05) is 22.9 Å². The molecule has 0 saturated heterocycles. The van der Waals surface area contributed by atoms with Crippen molar-refractivity contribution in [2.24, 2.45) is 0 Å². The molecule has 1 N–H and O–H groups in total. The summed E-state index contributed by atoms with van der Waals surface area (Å²) >= 11 is 0.